The number of nitrogens with zero attached hydrogens (tertiary/aromatic N) is 3. The van der Waals surface area contributed by atoms with Crippen molar-refractivity contribution in [2.24, 2.45) is 0 Å². The molecule has 1 aromatic rings. The predicted molar refractivity (Wildman–Crippen MR) is 76.3 cm³/mol. The van der Waals surface area contributed by atoms with E-state index in [0.29, 0.717) is 0 Å². The fraction of sp³-hybridized carbons (Fsp3) is 0.714. The Hall–Kier alpha value is -1.20. The summed E-state index contributed by atoms with van der Waals surface area (Å²) < 4.78 is 5.75. The van der Waals surface area contributed by atoms with Gasteiger partial charge in [-0.2, -0.15) is 0 Å². The van der Waals surface area contributed by atoms with E-state index in [9.17, 15) is 0 Å². The van der Waals surface area contributed by atoms with Gasteiger partial charge in [-0.25, -0.2) is 4.98 Å². The summed E-state index contributed by atoms with van der Waals surface area (Å²) in [5.74, 6) is 0.956. The molecule has 0 saturated carbocycles. The van der Waals surface area contributed by atoms with Crippen LogP contribution in [0.15, 0.2) is 12.4 Å². The Morgan fingerprint density at radius 1 is 1.32 bits per heavy atom. The van der Waals surface area contributed by atoms with Crippen molar-refractivity contribution in [2.45, 2.75) is 45.9 Å². The topological polar surface area (TPSA) is 50.3 Å². The second kappa shape index (κ2) is 6.82. The Balaban J connectivity index is 2.01. The maximum Gasteiger partial charge on any atom is 0.147 e. The van der Waals surface area contributed by atoms with Crippen LogP contribution in [0.25, 0.3) is 0 Å². The van der Waals surface area contributed by atoms with Crippen molar-refractivity contribution in [3.63, 3.8) is 0 Å². The van der Waals surface area contributed by atoms with Gasteiger partial charge in [0.15, 0.2) is 0 Å². The normalized spacial score (nSPS) is 23.6. The molecule has 2 heterocycles. The lowest BCUT2D eigenvalue weighted by atomic mass is 10.2. The van der Waals surface area contributed by atoms with Crippen LogP contribution in [0.2, 0.25) is 0 Å². The Kier molecular flexibility index (Phi) is 5.10. The van der Waals surface area contributed by atoms with Gasteiger partial charge in [-0.1, -0.05) is 6.92 Å². The number of ether oxygens (including phenoxy) is 1. The van der Waals surface area contributed by atoms with E-state index in [1.54, 1.807) is 0 Å². The molecule has 19 heavy (non-hydrogen) atoms. The van der Waals surface area contributed by atoms with Gasteiger partial charge < -0.3 is 15.0 Å². The van der Waals surface area contributed by atoms with Crippen LogP contribution < -0.4 is 10.2 Å². The van der Waals surface area contributed by atoms with Gasteiger partial charge in [-0.05, 0) is 26.8 Å². The number of morpholine rings is 1. The summed E-state index contributed by atoms with van der Waals surface area (Å²) in [5, 5.41) is 3.35. The van der Waals surface area contributed by atoms with Crippen molar-refractivity contribution in [2.75, 3.05) is 24.5 Å². The standard InChI is InChI=1S/C14H24N4O/c1-4-5-15-6-13-7-16-8-14(17-13)18-9-11(2)19-12(3)10-18/h7-8,11-12,15H,4-6,9-10H2,1-3H3. The maximum absolute atomic E-state index is 5.75. The Labute approximate surface area is 115 Å². The summed E-state index contributed by atoms with van der Waals surface area (Å²) in [7, 11) is 0. The molecule has 0 aliphatic carbocycles. The van der Waals surface area contributed by atoms with Gasteiger partial charge in [0.1, 0.15) is 5.82 Å². The molecule has 106 valence electrons. The third-order valence-electron chi connectivity index (χ3n) is 3.15. The first kappa shape index (κ1) is 14.2. The van der Waals surface area contributed by atoms with Gasteiger partial charge in [-0.15, -0.1) is 0 Å². The van der Waals surface area contributed by atoms with Crippen LogP contribution in [0.1, 0.15) is 32.9 Å². The highest BCUT2D eigenvalue weighted by Gasteiger charge is 2.23. The number of hydrogen-bond donors (Lipinski definition) is 1. The highest BCUT2D eigenvalue weighted by molar-refractivity contribution is 5.37. The summed E-state index contributed by atoms with van der Waals surface area (Å²) in [6.45, 7) is 9.91. The quantitative estimate of drug-likeness (QED) is 0.819. The van der Waals surface area contributed by atoms with Crippen LogP contribution in [0, 0.1) is 0 Å². The van der Waals surface area contributed by atoms with Crippen LogP contribution in [0.5, 0.6) is 0 Å². The number of hydrogen-bond acceptors (Lipinski definition) is 5. The van der Waals surface area contributed by atoms with E-state index in [4.69, 9.17) is 4.74 Å². The molecule has 5 heteroatoms. The van der Waals surface area contributed by atoms with Gasteiger partial charge in [-0.3, -0.25) is 4.98 Å². The third kappa shape index (κ3) is 4.14. The molecular formula is C14H24N4O. The number of anilines is 1. The van der Waals surface area contributed by atoms with E-state index in [-0.39, 0.29) is 12.2 Å². The number of nitrogens with one attached hydrogen (secondary N) is 1. The van der Waals surface area contributed by atoms with Crippen molar-refractivity contribution in [3.8, 4) is 0 Å². The molecule has 2 atom stereocenters. The van der Waals surface area contributed by atoms with Crippen LogP contribution in [0.3, 0.4) is 0 Å². The molecule has 0 spiro atoms. The second-order valence-corrected chi connectivity index (χ2v) is 5.21. The van der Waals surface area contributed by atoms with E-state index in [2.05, 4.69) is 41.0 Å². The predicted octanol–water partition coefficient (Wildman–Crippen LogP) is 1.59. The summed E-state index contributed by atoms with van der Waals surface area (Å²) >= 11 is 0. The van der Waals surface area contributed by atoms with Crippen molar-refractivity contribution < 1.29 is 4.74 Å². The first-order chi connectivity index (χ1) is 9.19. The molecular weight excluding hydrogens is 240 g/mol. The van der Waals surface area contributed by atoms with Gasteiger partial charge in [0.25, 0.3) is 0 Å². The fourth-order valence-electron chi connectivity index (χ4n) is 2.39. The summed E-state index contributed by atoms with van der Waals surface area (Å²) in [6, 6.07) is 0. The molecule has 1 fully saturated rings. The highest BCUT2D eigenvalue weighted by Crippen LogP contribution is 2.17. The Morgan fingerprint density at radius 3 is 2.74 bits per heavy atom. The minimum atomic E-state index is 0.243. The molecule has 0 bridgehead atoms. The SMILES string of the molecule is CCCNCc1cncc(N2CC(C)OC(C)C2)n1. The zero-order valence-corrected chi connectivity index (χ0v) is 12.1. The summed E-state index contributed by atoms with van der Waals surface area (Å²) in [6.07, 6.45) is 5.29. The maximum atomic E-state index is 5.75. The van der Waals surface area contributed by atoms with Gasteiger partial charge in [0, 0.05) is 25.8 Å². The second-order valence-electron chi connectivity index (χ2n) is 5.21. The van der Waals surface area contributed by atoms with Crippen LogP contribution in [0.4, 0.5) is 5.82 Å². The van der Waals surface area contributed by atoms with Crippen LogP contribution in [-0.4, -0.2) is 41.8 Å². The number of rotatable bonds is 5. The Morgan fingerprint density at radius 2 is 2.05 bits per heavy atom. The molecule has 5 nitrogen and oxygen atoms in total. The van der Waals surface area contributed by atoms with E-state index in [1.165, 1.54) is 0 Å². The van der Waals surface area contributed by atoms with Crippen molar-refractivity contribution in [3.05, 3.63) is 18.1 Å². The van der Waals surface area contributed by atoms with Gasteiger partial charge in [0.05, 0.1) is 24.1 Å². The van der Waals surface area contributed by atoms with E-state index >= 15 is 0 Å². The molecule has 0 aromatic carbocycles. The monoisotopic (exact) mass is 264 g/mol. The largest absolute Gasteiger partial charge is 0.372 e. The van der Waals surface area contributed by atoms with Gasteiger partial charge >= 0.3 is 0 Å². The zero-order chi connectivity index (χ0) is 13.7. The average Bonchev–Trinajstić information content (AvgIpc) is 2.38. The van der Waals surface area contributed by atoms with E-state index in [0.717, 1.165) is 44.1 Å². The lowest BCUT2D eigenvalue weighted by molar-refractivity contribution is -0.00549. The first-order valence-electron chi connectivity index (χ1n) is 7.11. The smallest absolute Gasteiger partial charge is 0.147 e. The van der Waals surface area contributed by atoms with Crippen molar-refractivity contribution in [1.29, 1.82) is 0 Å². The van der Waals surface area contributed by atoms with E-state index < -0.39 is 0 Å². The molecule has 2 rings (SSSR count). The highest BCUT2D eigenvalue weighted by atomic mass is 16.5. The van der Waals surface area contributed by atoms with Crippen LogP contribution >= 0.6 is 0 Å². The minimum Gasteiger partial charge on any atom is -0.372 e. The number of aromatic nitrogens is 2. The summed E-state index contributed by atoms with van der Waals surface area (Å²) in [5.41, 5.74) is 0.998. The summed E-state index contributed by atoms with van der Waals surface area (Å²) in [4.78, 5) is 11.2. The molecule has 1 aliphatic rings. The zero-order valence-electron chi connectivity index (χ0n) is 12.1. The molecule has 1 N–H and O–H groups in total. The van der Waals surface area contributed by atoms with E-state index in [1.807, 2.05) is 12.4 Å². The minimum absolute atomic E-state index is 0.243. The fourth-order valence-corrected chi connectivity index (χ4v) is 2.39. The first-order valence-corrected chi connectivity index (χ1v) is 7.11. The van der Waals surface area contributed by atoms with Gasteiger partial charge in [0.2, 0.25) is 0 Å². The lowest BCUT2D eigenvalue weighted by Gasteiger charge is -2.35. The molecule has 0 amide bonds. The third-order valence-corrected chi connectivity index (χ3v) is 3.15. The molecule has 2 unspecified atom stereocenters. The van der Waals surface area contributed by atoms with Crippen molar-refractivity contribution >= 4 is 5.82 Å². The Bertz CT molecular complexity index is 389. The molecule has 1 aliphatic heterocycles. The average molecular weight is 264 g/mol. The molecule has 0 radical (unpaired) electrons. The molecule has 1 aromatic heterocycles. The lowest BCUT2D eigenvalue weighted by Crippen LogP contribution is -2.46. The van der Waals surface area contributed by atoms with Crippen LogP contribution in [-0.2, 0) is 11.3 Å². The van der Waals surface area contributed by atoms with Crippen molar-refractivity contribution in [1.82, 2.24) is 15.3 Å². The molecule has 1 saturated heterocycles.